The van der Waals surface area contributed by atoms with Gasteiger partial charge in [-0.25, -0.2) is 4.98 Å². The van der Waals surface area contributed by atoms with Gasteiger partial charge in [-0.1, -0.05) is 22.0 Å². The van der Waals surface area contributed by atoms with Crippen LogP contribution in [-0.4, -0.2) is 9.38 Å². The summed E-state index contributed by atoms with van der Waals surface area (Å²) in [4.78, 5) is 4.63. The van der Waals surface area contributed by atoms with Crippen molar-refractivity contribution >= 4 is 43.3 Å². The molecule has 0 aliphatic rings. The Balaban J connectivity index is 2.28. The maximum atomic E-state index is 6.20. The number of aromatic nitrogens is 2. The zero-order valence-electron chi connectivity index (χ0n) is 10.2. The molecule has 2 N–H and O–H groups in total. The van der Waals surface area contributed by atoms with Crippen LogP contribution in [0, 0.1) is 6.92 Å². The first-order chi connectivity index (χ1) is 9.08. The molecule has 0 fully saturated rings. The molecular weight excluding hydrogens is 370 g/mol. The number of nitrogen functional groups attached to an aromatic ring is 1. The number of benzene rings is 1. The first-order valence-electron chi connectivity index (χ1n) is 5.76. The number of hydrogen-bond acceptors (Lipinski definition) is 2. The molecule has 3 aromatic rings. The van der Waals surface area contributed by atoms with Gasteiger partial charge in [-0.2, -0.15) is 0 Å². The topological polar surface area (TPSA) is 43.3 Å². The molecule has 0 saturated carbocycles. The molecule has 2 aromatic heterocycles. The van der Waals surface area contributed by atoms with Crippen LogP contribution in [-0.2, 0) is 0 Å². The van der Waals surface area contributed by atoms with Crippen molar-refractivity contribution in [2.75, 3.05) is 5.73 Å². The normalized spacial score (nSPS) is 11.1. The molecule has 96 valence electrons. The lowest BCUT2D eigenvalue weighted by molar-refractivity contribution is 1.19. The standard InChI is InChI=1S/C14H11Br2N3/c1-8-7-9(4-5-10(8)15)12-13(17)19-6-2-3-11(16)14(19)18-12/h2-7H,17H2,1H3. The van der Waals surface area contributed by atoms with Crippen molar-refractivity contribution in [1.29, 1.82) is 0 Å². The van der Waals surface area contributed by atoms with Crippen LogP contribution in [0.1, 0.15) is 5.56 Å². The molecule has 0 spiro atoms. The van der Waals surface area contributed by atoms with Crippen LogP contribution >= 0.6 is 31.9 Å². The summed E-state index contributed by atoms with van der Waals surface area (Å²) in [5.41, 5.74) is 10.0. The number of pyridine rings is 1. The molecule has 0 radical (unpaired) electrons. The first kappa shape index (κ1) is 12.7. The highest BCUT2D eigenvalue weighted by Crippen LogP contribution is 2.31. The number of anilines is 1. The van der Waals surface area contributed by atoms with Crippen LogP contribution in [0.15, 0.2) is 45.5 Å². The van der Waals surface area contributed by atoms with Gasteiger partial charge >= 0.3 is 0 Å². The van der Waals surface area contributed by atoms with Crippen molar-refractivity contribution < 1.29 is 0 Å². The van der Waals surface area contributed by atoms with Crippen molar-refractivity contribution in [2.45, 2.75) is 6.92 Å². The zero-order valence-corrected chi connectivity index (χ0v) is 13.4. The smallest absolute Gasteiger partial charge is 0.153 e. The number of hydrogen-bond donors (Lipinski definition) is 1. The molecule has 2 heterocycles. The lowest BCUT2D eigenvalue weighted by Gasteiger charge is -2.02. The molecular formula is C14H11Br2N3. The Kier molecular flexibility index (Phi) is 3.11. The molecule has 0 bridgehead atoms. The Morgan fingerprint density at radius 3 is 2.63 bits per heavy atom. The van der Waals surface area contributed by atoms with Crippen LogP contribution in [0.25, 0.3) is 16.9 Å². The molecule has 0 saturated heterocycles. The van der Waals surface area contributed by atoms with E-state index in [1.165, 1.54) is 0 Å². The maximum absolute atomic E-state index is 6.20. The second kappa shape index (κ2) is 4.65. The largest absolute Gasteiger partial charge is 0.383 e. The average molecular weight is 381 g/mol. The average Bonchev–Trinajstić information content (AvgIpc) is 2.72. The molecule has 0 aliphatic carbocycles. The lowest BCUT2D eigenvalue weighted by atomic mass is 10.1. The third-order valence-electron chi connectivity index (χ3n) is 3.07. The third kappa shape index (κ3) is 2.07. The minimum Gasteiger partial charge on any atom is -0.383 e. The van der Waals surface area contributed by atoms with Crippen molar-refractivity contribution in [1.82, 2.24) is 9.38 Å². The van der Waals surface area contributed by atoms with Gasteiger partial charge in [0.05, 0.1) is 4.47 Å². The second-order valence-electron chi connectivity index (χ2n) is 4.36. The fourth-order valence-corrected chi connectivity index (χ4v) is 2.74. The summed E-state index contributed by atoms with van der Waals surface area (Å²) in [7, 11) is 0. The molecule has 0 atom stereocenters. The monoisotopic (exact) mass is 379 g/mol. The molecule has 0 unspecified atom stereocenters. The second-order valence-corrected chi connectivity index (χ2v) is 6.07. The predicted octanol–water partition coefficient (Wildman–Crippen LogP) is 4.42. The van der Waals surface area contributed by atoms with E-state index in [0.29, 0.717) is 5.82 Å². The van der Waals surface area contributed by atoms with Crippen LogP contribution in [0.2, 0.25) is 0 Å². The van der Waals surface area contributed by atoms with Crippen LogP contribution < -0.4 is 5.73 Å². The minimum absolute atomic E-state index is 0.651. The van der Waals surface area contributed by atoms with E-state index < -0.39 is 0 Å². The van der Waals surface area contributed by atoms with E-state index in [4.69, 9.17) is 5.73 Å². The minimum atomic E-state index is 0.651. The van der Waals surface area contributed by atoms with Gasteiger partial charge in [-0.3, -0.25) is 4.40 Å². The summed E-state index contributed by atoms with van der Waals surface area (Å²) in [6.45, 7) is 2.05. The van der Waals surface area contributed by atoms with E-state index in [1.54, 1.807) is 0 Å². The Morgan fingerprint density at radius 1 is 1.16 bits per heavy atom. The van der Waals surface area contributed by atoms with Gasteiger partial charge in [0.25, 0.3) is 0 Å². The maximum Gasteiger partial charge on any atom is 0.153 e. The zero-order chi connectivity index (χ0) is 13.6. The van der Waals surface area contributed by atoms with Crippen molar-refractivity contribution in [3.05, 3.63) is 51.0 Å². The summed E-state index contributed by atoms with van der Waals surface area (Å²) >= 11 is 7.00. The summed E-state index contributed by atoms with van der Waals surface area (Å²) in [6, 6.07) is 10.0. The van der Waals surface area contributed by atoms with Crippen LogP contribution in [0.5, 0.6) is 0 Å². The molecule has 1 aromatic carbocycles. The number of rotatable bonds is 1. The molecule has 5 heteroatoms. The van der Waals surface area contributed by atoms with Gasteiger partial charge in [-0.05, 0) is 52.7 Å². The fourth-order valence-electron chi connectivity index (χ4n) is 2.06. The van der Waals surface area contributed by atoms with E-state index in [1.807, 2.05) is 34.9 Å². The van der Waals surface area contributed by atoms with Crippen LogP contribution in [0.3, 0.4) is 0 Å². The highest BCUT2D eigenvalue weighted by molar-refractivity contribution is 9.11. The van der Waals surface area contributed by atoms with Gasteiger partial charge in [-0.15, -0.1) is 0 Å². The highest BCUT2D eigenvalue weighted by atomic mass is 79.9. The van der Waals surface area contributed by atoms with Crippen molar-refractivity contribution in [3.63, 3.8) is 0 Å². The first-order valence-corrected chi connectivity index (χ1v) is 7.35. The number of fused-ring (bicyclic) bond motifs is 1. The van der Waals surface area contributed by atoms with Crippen molar-refractivity contribution in [3.8, 4) is 11.3 Å². The molecule has 3 rings (SSSR count). The quantitative estimate of drug-likeness (QED) is 0.679. The molecule has 19 heavy (non-hydrogen) atoms. The Morgan fingerprint density at radius 2 is 1.95 bits per heavy atom. The van der Waals surface area contributed by atoms with E-state index in [0.717, 1.165) is 31.4 Å². The third-order valence-corrected chi connectivity index (χ3v) is 4.58. The Bertz CT molecular complexity index is 778. The number of nitrogens with zero attached hydrogens (tertiary/aromatic N) is 2. The van der Waals surface area contributed by atoms with Crippen molar-refractivity contribution in [2.24, 2.45) is 0 Å². The number of halogens is 2. The van der Waals surface area contributed by atoms with E-state index in [9.17, 15) is 0 Å². The van der Waals surface area contributed by atoms with Gasteiger partial charge < -0.3 is 5.73 Å². The van der Waals surface area contributed by atoms with Gasteiger partial charge in [0.1, 0.15) is 11.5 Å². The van der Waals surface area contributed by atoms with Gasteiger partial charge in [0, 0.05) is 16.2 Å². The summed E-state index contributed by atoms with van der Waals surface area (Å²) in [5.74, 6) is 0.651. The molecule has 0 amide bonds. The van der Waals surface area contributed by atoms with E-state index in [-0.39, 0.29) is 0 Å². The summed E-state index contributed by atoms with van der Waals surface area (Å²) in [5, 5.41) is 0. The number of imidazole rings is 1. The summed E-state index contributed by atoms with van der Waals surface area (Å²) in [6.07, 6.45) is 1.91. The molecule has 0 aliphatic heterocycles. The van der Waals surface area contributed by atoms with E-state index in [2.05, 4.69) is 49.8 Å². The predicted molar refractivity (Wildman–Crippen MR) is 85.2 cm³/mol. The highest BCUT2D eigenvalue weighted by Gasteiger charge is 2.13. The Labute approximate surface area is 127 Å². The number of nitrogens with two attached hydrogens (primary N) is 1. The summed E-state index contributed by atoms with van der Waals surface area (Å²) < 4.78 is 3.90. The van der Waals surface area contributed by atoms with Gasteiger partial charge in [0.2, 0.25) is 0 Å². The van der Waals surface area contributed by atoms with E-state index >= 15 is 0 Å². The molecule has 3 nitrogen and oxygen atoms in total. The Hall–Kier alpha value is -1.33. The van der Waals surface area contributed by atoms with Crippen LogP contribution in [0.4, 0.5) is 5.82 Å². The SMILES string of the molecule is Cc1cc(-c2nc3c(Br)cccn3c2N)ccc1Br. The number of aryl methyl sites for hydroxylation is 1. The van der Waals surface area contributed by atoms with Gasteiger partial charge in [0.15, 0.2) is 5.65 Å². The fraction of sp³-hybridized carbons (Fsp3) is 0.0714. The lowest BCUT2D eigenvalue weighted by Crippen LogP contribution is -1.94.